The van der Waals surface area contributed by atoms with Crippen molar-refractivity contribution in [3.8, 4) is 23.1 Å². The molecule has 3 N–H and O–H groups in total. The molecule has 0 unspecified atom stereocenters. The van der Waals surface area contributed by atoms with Gasteiger partial charge in [0.25, 0.3) is 0 Å². The first kappa shape index (κ1) is 13.6. The molecular formula is C13H14N4O3. The molecule has 2 aromatic rings. The van der Waals surface area contributed by atoms with Crippen LogP contribution in [0, 0.1) is 5.41 Å². The molecule has 0 aliphatic carbocycles. The number of nitrogens with one attached hydrogen (secondary N) is 1. The van der Waals surface area contributed by atoms with Crippen LogP contribution in [-0.2, 0) is 0 Å². The number of nitrogens with two attached hydrogens (primary N) is 1. The Kier molecular flexibility index (Phi) is 3.99. The highest BCUT2D eigenvalue weighted by Crippen LogP contribution is 2.30. The molecule has 0 spiro atoms. The van der Waals surface area contributed by atoms with Gasteiger partial charge in [0.05, 0.1) is 26.0 Å². The minimum absolute atomic E-state index is 0.148. The topological polar surface area (TPSA) is 103 Å². The summed E-state index contributed by atoms with van der Waals surface area (Å²) in [6.07, 6.45) is 1.44. The zero-order valence-electron chi connectivity index (χ0n) is 11.1. The molecule has 104 valence electrons. The first-order valence-electron chi connectivity index (χ1n) is 5.71. The number of rotatable bonds is 5. The van der Waals surface area contributed by atoms with Gasteiger partial charge in [0, 0.05) is 18.2 Å². The first-order valence-corrected chi connectivity index (χ1v) is 5.71. The predicted octanol–water partition coefficient (Wildman–Crippen LogP) is 1.57. The third kappa shape index (κ3) is 2.94. The molecule has 0 atom stereocenters. The number of amidine groups is 1. The first-order chi connectivity index (χ1) is 9.63. The van der Waals surface area contributed by atoms with Crippen LogP contribution in [-0.4, -0.2) is 30.3 Å². The van der Waals surface area contributed by atoms with Crippen molar-refractivity contribution >= 4 is 5.84 Å². The van der Waals surface area contributed by atoms with E-state index in [4.69, 9.17) is 25.4 Å². The molecule has 0 aliphatic rings. The van der Waals surface area contributed by atoms with Gasteiger partial charge in [-0.15, -0.1) is 5.10 Å². The molecule has 1 aromatic carbocycles. The predicted molar refractivity (Wildman–Crippen MR) is 72.7 cm³/mol. The van der Waals surface area contributed by atoms with Gasteiger partial charge >= 0.3 is 0 Å². The van der Waals surface area contributed by atoms with Crippen molar-refractivity contribution in [2.45, 2.75) is 0 Å². The highest BCUT2D eigenvalue weighted by Gasteiger charge is 2.11. The molecule has 0 bridgehead atoms. The van der Waals surface area contributed by atoms with Crippen LogP contribution in [0.4, 0.5) is 0 Å². The van der Waals surface area contributed by atoms with Gasteiger partial charge in [-0.2, -0.15) is 5.10 Å². The number of nitrogens with zero attached hydrogens (tertiary/aromatic N) is 2. The van der Waals surface area contributed by atoms with Gasteiger partial charge in [-0.3, -0.25) is 5.41 Å². The Morgan fingerprint density at radius 1 is 1.10 bits per heavy atom. The van der Waals surface area contributed by atoms with Crippen molar-refractivity contribution in [2.75, 3.05) is 14.2 Å². The van der Waals surface area contributed by atoms with Crippen LogP contribution in [0.15, 0.2) is 30.5 Å². The van der Waals surface area contributed by atoms with Crippen molar-refractivity contribution < 1.29 is 14.2 Å². The van der Waals surface area contributed by atoms with Gasteiger partial charge in [-0.1, -0.05) is 0 Å². The normalized spacial score (nSPS) is 9.90. The van der Waals surface area contributed by atoms with Crippen LogP contribution in [0.5, 0.6) is 23.1 Å². The average molecular weight is 274 g/mol. The van der Waals surface area contributed by atoms with Crippen LogP contribution < -0.4 is 19.9 Å². The molecule has 2 rings (SSSR count). The fourth-order valence-electron chi connectivity index (χ4n) is 1.55. The molecular weight excluding hydrogens is 260 g/mol. The molecule has 0 amide bonds. The van der Waals surface area contributed by atoms with Crippen molar-refractivity contribution in [2.24, 2.45) is 5.73 Å². The van der Waals surface area contributed by atoms with Crippen LogP contribution in [0.25, 0.3) is 0 Å². The largest absolute Gasteiger partial charge is 0.496 e. The van der Waals surface area contributed by atoms with E-state index < -0.39 is 0 Å². The average Bonchev–Trinajstić information content (AvgIpc) is 2.47. The maximum Gasteiger partial charge on any atom is 0.249 e. The molecule has 7 nitrogen and oxygen atoms in total. The molecule has 0 saturated carbocycles. The lowest BCUT2D eigenvalue weighted by Gasteiger charge is -2.10. The summed E-state index contributed by atoms with van der Waals surface area (Å²) in [5.74, 6) is 1.60. The van der Waals surface area contributed by atoms with E-state index in [-0.39, 0.29) is 11.7 Å². The standard InChI is InChI=1S/C13H14N4O3/c1-18-8-5-9(19-2)7-10(6-8)20-13-11(12(14)15)3-4-16-17-13/h3-7H,1-2H3,(H3,14,15). The van der Waals surface area contributed by atoms with Crippen molar-refractivity contribution in [3.05, 3.63) is 36.0 Å². The number of aromatic nitrogens is 2. The summed E-state index contributed by atoms with van der Waals surface area (Å²) in [6.45, 7) is 0. The van der Waals surface area contributed by atoms with Crippen LogP contribution in [0.2, 0.25) is 0 Å². The number of methoxy groups -OCH3 is 2. The number of benzene rings is 1. The Hall–Kier alpha value is -2.83. The summed E-state index contributed by atoms with van der Waals surface area (Å²) in [5, 5.41) is 15.0. The van der Waals surface area contributed by atoms with Gasteiger partial charge in [0.1, 0.15) is 23.1 Å². The molecule has 20 heavy (non-hydrogen) atoms. The maximum atomic E-state index is 7.48. The number of nitrogen functional groups attached to an aromatic ring is 1. The molecule has 1 aromatic heterocycles. The fraction of sp³-hybridized carbons (Fsp3) is 0.154. The maximum absolute atomic E-state index is 7.48. The second-order valence-corrected chi connectivity index (χ2v) is 3.81. The molecule has 0 aliphatic heterocycles. The summed E-state index contributed by atoms with van der Waals surface area (Å²) in [5.41, 5.74) is 5.83. The third-order valence-electron chi connectivity index (χ3n) is 2.52. The lowest BCUT2D eigenvalue weighted by Crippen LogP contribution is -2.13. The Morgan fingerprint density at radius 2 is 1.70 bits per heavy atom. The van der Waals surface area contributed by atoms with E-state index in [9.17, 15) is 0 Å². The lowest BCUT2D eigenvalue weighted by atomic mass is 10.2. The Morgan fingerprint density at radius 3 is 2.25 bits per heavy atom. The monoisotopic (exact) mass is 274 g/mol. The van der Waals surface area contributed by atoms with E-state index in [1.165, 1.54) is 6.20 Å². The number of hydrogen-bond donors (Lipinski definition) is 2. The van der Waals surface area contributed by atoms with Crippen molar-refractivity contribution in [1.82, 2.24) is 10.2 Å². The Labute approximate surface area is 115 Å². The summed E-state index contributed by atoms with van der Waals surface area (Å²) in [6, 6.07) is 6.61. The van der Waals surface area contributed by atoms with Gasteiger partial charge in [-0.25, -0.2) is 0 Å². The third-order valence-corrected chi connectivity index (χ3v) is 2.52. The minimum atomic E-state index is -0.148. The highest BCUT2D eigenvalue weighted by atomic mass is 16.5. The van der Waals surface area contributed by atoms with Gasteiger partial charge in [0.15, 0.2) is 0 Å². The molecule has 0 saturated heterocycles. The van der Waals surface area contributed by atoms with Crippen molar-refractivity contribution in [1.29, 1.82) is 5.41 Å². The zero-order chi connectivity index (χ0) is 14.5. The quantitative estimate of drug-likeness (QED) is 0.633. The summed E-state index contributed by atoms with van der Waals surface area (Å²) >= 11 is 0. The molecule has 0 fully saturated rings. The van der Waals surface area contributed by atoms with Gasteiger partial charge in [0.2, 0.25) is 5.88 Å². The van der Waals surface area contributed by atoms with Gasteiger partial charge < -0.3 is 19.9 Å². The van der Waals surface area contributed by atoms with Crippen molar-refractivity contribution in [3.63, 3.8) is 0 Å². The number of ether oxygens (including phenoxy) is 3. The Bertz CT molecular complexity index is 609. The minimum Gasteiger partial charge on any atom is -0.496 e. The highest BCUT2D eigenvalue weighted by molar-refractivity contribution is 5.96. The number of hydrogen-bond acceptors (Lipinski definition) is 6. The summed E-state index contributed by atoms with van der Waals surface area (Å²) < 4.78 is 15.9. The smallest absolute Gasteiger partial charge is 0.249 e. The Balaban J connectivity index is 2.37. The van der Waals surface area contributed by atoms with Gasteiger partial charge in [-0.05, 0) is 6.07 Å². The summed E-state index contributed by atoms with van der Waals surface area (Å²) in [7, 11) is 3.09. The SMILES string of the molecule is COc1cc(OC)cc(Oc2nnccc2C(=N)N)c1. The lowest BCUT2D eigenvalue weighted by molar-refractivity contribution is 0.384. The molecule has 1 heterocycles. The van der Waals surface area contributed by atoms with E-state index in [0.717, 1.165) is 0 Å². The van der Waals surface area contributed by atoms with E-state index in [1.54, 1.807) is 38.5 Å². The van der Waals surface area contributed by atoms with E-state index in [1.807, 2.05) is 0 Å². The van der Waals surface area contributed by atoms with Crippen LogP contribution >= 0.6 is 0 Å². The van der Waals surface area contributed by atoms with E-state index in [0.29, 0.717) is 22.8 Å². The van der Waals surface area contributed by atoms with E-state index in [2.05, 4.69) is 10.2 Å². The van der Waals surface area contributed by atoms with Crippen LogP contribution in [0.1, 0.15) is 5.56 Å². The zero-order valence-corrected chi connectivity index (χ0v) is 11.1. The molecule has 0 radical (unpaired) electrons. The second kappa shape index (κ2) is 5.87. The fourth-order valence-corrected chi connectivity index (χ4v) is 1.55. The summed E-state index contributed by atoms with van der Waals surface area (Å²) in [4.78, 5) is 0. The molecule has 7 heteroatoms. The second-order valence-electron chi connectivity index (χ2n) is 3.81. The van der Waals surface area contributed by atoms with E-state index >= 15 is 0 Å². The van der Waals surface area contributed by atoms with Crippen LogP contribution in [0.3, 0.4) is 0 Å².